The van der Waals surface area contributed by atoms with Crippen LogP contribution in [-0.2, 0) is 36.8 Å². The number of rotatable bonds is 11. The summed E-state index contributed by atoms with van der Waals surface area (Å²) in [6.45, 7) is 1.82. The van der Waals surface area contributed by atoms with Crippen molar-refractivity contribution in [3.63, 3.8) is 0 Å². The molecule has 3 fully saturated rings. The fourth-order valence-corrected chi connectivity index (χ4v) is 7.82. The van der Waals surface area contributed by atoms with Gasteiger partial charge >= 0.3 is 0 Å². The second-order valence-electron chi connectivity index (χ2n) is 13.6. The third-order valence-corrected chi connectivity index (χ3v) is 10.4. The summed E-state index contributed by atoms with van der Waals surface area (Å²) in [6, 6.07) is 24.5. The van der Waals surface area contributed by atoms with Crippen molar-refractivity contribution < 1.29 is 23.9 Å². The molecule has 0 bridgehead atoms. The first-order valence-electron chi connectivity index (χ1n) is 17.6. The SMILES string of the molecule is C.CN[C@@H](C(=O)N1CCC[C@H]1C(=O)Cc1ccc2[nH]c(-c3ccc(CC(=O)[C@@H]4CCCN4C(=O)[C@H]4CCCO4)cc3)cc2c1)c1ccccc1. The van der Waals surface area contributed by atoms with Crippen LogP contribution >= 0.6 is 0 Å². The van der Waals surface area contributed by atoms with Crippen molar-refractivity contribution in [3.05, 3.63) is 95.6 Å². The lowest BCUT2D eigenvalue weighted by molar-refractivity contribution is -0.145. The molecule has 0 unspecified atom stereocenters. The zero-order valence-corrected chi connectivity index (χ0v) is 28.0. The van der Waals surface area contributed by atoms with Crippen LogP contribution in [0, 0.1) is 0 Å². The predicted molar refractivity (Wildman–Crippen MR) is 195 cm³/mol. The van der Waals surface area contributed by atoms with E-state index in [1.165, 1.54) is 0 Å². The van der Waals surface area contributed by atoms with Gasteiger partial charge in [-0.15, -0.1) is 0 Å². The Bertz CT molecular complexity index is 1830. The van der Waals surface area contributed by atoms with E-state index in [2.05, 4.69) is 16.4 Å². The highest BCUT2D eigenvalue weighted by molar-refractivity contribution is 5.94. The topological polar surface area (TPSA) is 112 Å². The first-order chi connectivity index (χ1) is 23.9. The number of aromatic amines is 1. The maximum atomic E-state index is 13.6. The number of nitrogens with zero attached hydrogens (tertiary/aromatic N) is 2. The van der Waals surface area contributed by atoms with Crippen LogP contribution < -0.4 is 5.32 Å². The normalized spacial score (nSPS) is 20.9. The summed E-state index contributed by atoms with van der Waals surface area (Å²) in [5.74, 6) is 0.0428. The minimum atomic E-state index is -0.482. The molecular formula is C41H48N4O5. The zero-order valence-electron chi connectivity index (χ0n) is 28.0. The molecule has 50 heavy (non-hydrogen) atoms. The van der Waals surface area contributed by atoms with Crippen molar-refractivity contribution in [3.8, 4) is 11.3 Å². The van der Waals surface area contributed by atoms with E-state index in [4.69, 9.17) is 4.74 Å². The largest absolute Gasteiger partial charge is 0.368 e. The van der Waals surface area contributed by atoms with Gasteiger partial charge in [0.15, 0.2) is 11.6 Å². The van der Waals surface area contributed by atoms with E-state index in [0.29, 0.717) is 32.5 Å². The Kier molecular flexibility index (Phi) is 10.9. The maximum Gasteiger partial charge on any atom is 0.252 e. The van der Waals surface area contributed by atoms with Gasteiger partial charge in [0.05, 0.1) is 12.1 Å². The van der Waals surface area contributed by atoms with E-state index in [1.54, 1.807) is 16.8 Å². The molecule has 3 aliphatic heterocycles. The maximum absolute atomic E-state index is 13.6. The van der Waals surface area contributed by atoms with E-state index in [-0.39, 0.29) is 49.7 Å². The van der Waals surface area contributed by atoms with Gasteiger partial charge in [0, 0.05) is 49.1 Å². The molecule has 1 aromatic heterocycles. The standard InChI is InChI=1S/C40H44N4O5.CH4/c1-41-38(29-8-3-2-4-9-29)40(48)44-20-6-11-34(44)36(46)24-27-15-18-31-30(22-27)25-32(42-31)28-16-13-26(14-17-28)23-35(45)33-10-5-19-43(33)39(47)37-12-7-21-49-37;/h2-4,8-9,13-18,22,25,33-34,37-38,41-42H,5-7,10-12,19-21,23-24H2,1H3;1H4/t33-,34-,37+,38+;/m0./s1. The third-order valence-electron chi connectivity index (χ3n) is 10.4. The molecule has 4 atom stereocenters. The van der Waals surface area contributed by atoms with E-state index < -0.39 is 18.2 Å². The van der Waals surface area contributed by atoms with Crippen LogP contribution in [0.3, 0.4) is 0 Å². The van der Waals surface area contributed by atoms with Gasteiger partial charge in [-0.2, -0.15) is 0 Å². The Morgan fingerprint density at radius 3 is 2.14 bits per heavy atom. The van der Waals surface area contributed by atoms with Crippen molar-refractivity contribution >= 4 is 34.3 Å². The van der Waals surface area contributed by atoms with E-state index in [9.17, 15) is 19.2 Å². The number of carbonyl (C=O) groups excluding carboxylic acids is 4. The lowest BCUT2D eigenvalue weighted by atomic mass is 9.99. The summed E-state index contributed by atoms with van der Waals surface area (Å²) in [6.07, 6.45) is 4.83. The van der Waals surface area contributed by atoms with E-state index in [1.807, 2.05) is 72.8 Å². The molecule has 9 nitrogen and oxygen atoms in total. The molecule has 0 radical (unpaired) electrons. The smallest absolute Gasteiger partial charge is 0.252 e. The fraction of sp³-hybridized carbons (Fsp3) is 0.415. The Morgan fingerprint density at radius 1 is 0.800 bits per heavy atom. The second kappa shape index (κ2) is 15.5. The van der Waals surface area contributed by atoms with Crippen LogP contribution in [0.2, 0.25) is 0 Å². The number of amides is 2. The number of hydrogen-bond acceptors (Lipinski definition) is 6. The van der Waals surface area contributed by atoms with Crippen molar-refractivity contribution in [2.45, 2.75) is 83.0 Å². The zero-order chi connectivity index (χ0) is 33.9. The second-order valence-corrected chi connectivity index (χ2v) is 13.6. The van der Waals surface area contributed by atoms with Crippen molar-refractivity contribution in [2.75, 3.05) is 26.7 Å². The molecule has 9 heteroatoms. The van der Waals surface area contributed by atoms with Crippen molar-refractivity contribution in [1.29, 1.82) is 0 Å². The fourth-order valence-electron chi connectivity index (χ4n) is 7.82. The average molecular weight is 677 g/mol. The van der Waals surface area contributed by atoms with Gasteiger partial charge in [0.2, 0.25) is 5.91 Å². The van der Waals surface area contributed by atoms with Gasteiger partial charge in [-0.3, -0.25) is 19.2 Å². The number of carbonyl (C=O) groups is 4. The van der Waals surface area contributed by atoms with E-state index in [0.717, 1.165) is 64.5 Å². The Labute approximate surface area is 294 Å². The Balaban J connectivity index is 0.00000432. The molecule has 2 N–H and O–H groups in total. The Morgan fingerprint density at radius 2 is 1.46 bits per heavy atom. The molecule has 0 saturated carbocycles. The number of aromatic nitrogens is 1. The number of likely N-dealkylation sites (N-methyl/N-ethyl adjacent to an activating group) is 1. The summed E-state index contributed by atoms with van der Waals surface area (Å²) < 4.78 is 5.59. The number of benzene rings is 3. The molecule has 0 spiro atoms. The number of nitrogens with one attached hydrogen (secondary N) is 2. The van der Waals surface area contributed by atoms with Gasteiger partial charge < -0.3 is 24.8 Å². The molecule has 3 aromatic carbocycles. The summed E-state index contributed by atoms with van der Waals surface area (Å²) >= 11 is 0. The Hall–Kier alpha value is -4.60. The van der Waals surface area contributed by atoms with Crippen LogP contribution in [0.25, 0.3) is 22.2 Å². The minimum absolute atomic E-state index is 0. The molecule has 7 rings (SSSR count). The number of ether oxygens (including phenoxy) is 1. The van der Waals surface area contributed by atoms with Gasteiger partial charge in [-0.25, -0.2) is 0 Å². The highest BCUT2D eigenvalue weighted by Crippen LogP contribution is 2.29. The average Bonchev–Trinajstić information content (AvgIpc) is 3.95. The highest BCUT2D eigenvalue weighted by atomic mass is 16.5. The van der Waals surface area contributed by atoms with Gasteiger partial charge in [0.1, 0.15) is 12.1 Å². The number of likely N-dealkylation sites (tertiary alicyclic amines) is 2. The monoisotopic (exact) mass is 676 g/mol. The first-order valence-corrected chi connectivity index (χ1v) is 17.6. The molecule has 262 valence electrons. The highest BCUT2D eigenvalue weighted by Gasteiger charge is 2.39. The van der Waals surface area contributed by atoms with Crippen LogP contribution in [0.1, 0.15) is 68.7 Å². The summed E-state index contributed by atoms with van der Waals surface area (Å²) in [4.78, 5) is 60.3. The third kappa shape index (κ3) is 7.30. The number of ketones is 2. The molecule has 3 aliphatic rings. The number of fused-ring (bicyclic) bond motifs is 1. The quantitative estimate of drug-likeness (QED) is 0.207. The number of hydrogen-bond donors (Lipinski definition) is 2. The molecule has 2 amide bonds. The van der Waals surface area contributed by atoms with Crippen LogP contribution in [-0.4, -0.2) is 83.1 Å². The lowest BCUT2D eigenvalue weighted by Crippen LogP contribution is -2.46. The lowest BCUT2D eigenvalue weighted by Gasteiger charge is -2.28. The molecule has 4 heterocycles. The molecule has 3 saturated heterocycles. The summed E-state index contributed by atoms with van der Waals surface area (Å²) in [5, 5.41) is 4.15. The molecule has 4 aromatic rings. The van der Waals surface area contributed by atoms with Gasteiger partial charge in [0.25, 0.3) is 5.91 Å². The van der Waals surface area contributed by atoms with Gasteiger partial charge in [-0.05, 0) is 86.0 Å². The van der Waals surface area contributed by atoms with Crippen molar-refractivity contribution in [2.24, 2.45) is 0 Å². The number of H-pyrrole nitrogens is 1. The van der Waals surface area contributed by atoms with Crippen LogP contribution in [0.5, 0.6) is 0 Å². The van der Waals surface area contributed by atoms with Crippen molar-refractivity contribution in [1.82, 2.24) is 20.1 Å². The van der Waals surface area contributed by atoms with Crippen LogP contribution in [0.15, 0.2) is 78.9 Å². The molecule has 0 aliphatic carbocycles. The molecular weight excluding hydrogens is 628 g/mol. The summed E-state index contributed by atoms with van der Waals surface area (Å²) in [7, 11) is 1.78. The minimum Gasteiger partial charge on any atom is -0.368 e. The van der Waals surface area contributed by atoms with Crippen LogP contribution in [0.4, 0.5) is 0 Å². The number of Topliss-reactive ketones (excluding diaryl/α,β-unsaturated/α-hetero) is 2. The van der Waals surface area contributed by atoms with E-state index >= 15 is 0 Å². The predicted octanol–water partition coefficient (Wildman–Crippen LogP) is 5.82. The first kappa shape index (κ1) is 35.2. The summed E-state index contributed by atoms with van der Waals surface area (Å²) in [5.41, 5.74) is 5.66. The van der Waals surface area contributed by atoms with Gasteiger partial charge in [-0.1, -0.05) is 68.1 Å².